The van der Waals surface area contributed by atoms with Crippen molar-refractivity contribution in [1.82, 2.24) is 4.57 Å². The van der Waals surface area contributed by atoms with Crippen molar-refractivity contribution in [3.63, 3.8) is 0 Å². The maximum Gasteiger partial charge on any atom is 0.328 e. The first-order valence-electron chi connectivity index (χ1n) is 7.15. The van der Waals surface area contributed by atoms with Crippen LogP contribution in [0.1, 0.15) is 56.2 Å². The number of carbonyl (C=O) groups excluding carboxylic acids is 2. The Morgan fingerprint density at radius 3 is 2.38 bits per heavy atom. The minimum Gasteiger partial charge on any atom is -0.464 e. The van der Waals surface area contributed by atoms with Gasteiger partial charge in [0.2, 0.25) is 0 Å². The van der Waals surface area contributed by atoms with Gasteiger partial charge >= 0.3 is 5.97 Å². The highest BCUT2D eigenvalue weighted by Gasteiger charge is 2.21. The second-order valence-electron chi connectivity index (χ2n) is 5.65. The summed E-state index contributed by atoms with van der Waals surface area (Å²) < 4.78 is 6.51. The molecule has 0 aromatic carbocycles. The van der Waals surface area contributed by atoms with Crippen molar-refractivity contribution in [3.8, 4) is 0 Å². The number of aryl methyl sites for hydroxylation is 1. The summed E-state index contributed by atoms with van der Waals surface area (Å²) in [6.07, 6.45) is 0.778. The number of aromatic nitrogens is 1. The molecule has 0 radical (unpaired) electrons. The third-order valence-corrected chi connectivity index (χ3v) is 3.37. The maximum atomic E-state index is 12.3. The highest BCUT2D eigenvalue weighted by Crippen LogP contribution is 2.11. The van der Waals surface area contributed by atoms with E-state index in [1.165, 1.54) is 17.6 Å². The highest BCUT2D eigenvalue weighted by atomic mass is 16.5. The third kappa shape index (κ3) is 4.28. The number of pyridine rings is 1. The van der Waals surface area contributed by atoms with Gasteiger partial charge in [-0.05, 0) is 45.2 Å². The molecule has 0 saturated carbocycles. The summed E-state index contributed by atoms with van der Waals surface area (Å²) in [5, 5.41) is 0. The van der Waals surface area contributed by atoms with Gasteiger partial charge in [0.1, 0.15) is 6.04 Å². The van der Waals surface area contributed by atoms with Gasteiger partial charge in [0.15, 0.2) is 5.78 Å². The molecule has 0 amide bonds. The predicted octanol–water partition coefficient (Wildman–Crippen LogP) is 2.51. The minimum atomic E-state index is -0.746. The molecule has 1 rings (SSSR count). The lowest BCUT2D eigenvalue weighted by Gasteiger charge is -2.18. The topological polar surface area (TPSA) is 65.4 Å². The predicted molar refractivity (Wildman–Crippen MR) is 80.6 cm³/mol. The zero-order valence-corrected chi connectivity index (χ0v) is 13.3. The van der Waals surface area contributed by atoms with Crippen LogP contribution in [0.5, 0.6) is 0 Å². The summed E-state index contributed by atoms with van der Waals surface area (Å²) in [6.45, 7) is 9.09. The molecule has 0 aliphatic heterocycles. The van der Waals surface area contributed by atoms with Crippen molar-refractivity contribution in [1.29, 1.82) is 0 Å². The molecule has 1 unspecified atom stereocenters. The fourth-order valence-corrected chi connectivity index (χ4v) is 2.02. The Bertz CT molecular complexity index is 586. The molecular formula is C16H23NO4. The Morgan fingerprint density at radius 1 is 1.24 bits per heavy atom. The lowest BCUT2D eigenvalue weighted by molar-refractivity contribution is -0.147. The van der Waals surface area contributed by atoms with E-state index in [2.05, 4.69) is 0 Å². The second-order valence-corrected chi connectivity index (χ2v) is 5.65. The first-order chi connectivity index (χ1) is 9.75. The van der Waals surface area contributed by atoms with E-state index >= 15 is 0 Å². The molecule has 116 valence electrons. The van der Waals surface area contributed by atoms with Crippen LogP contribution in [-0.4, -0.2) is 22.9 Å². The summed E-state index contributed by atoms with van der Waals surface area (Å²) in [5.41, 5.74) is 0.261. The van der Waals surface area contributed by atoms with Crippen LogP contribution in [-0.2, 0) is 9.53 Å². The summed E-state index contributed by atoms with van der Waals surface area (Å²) >= 11 is 0. The number of rotatable bonds is 6. The largest absolute Gasteiger partial charge is 0.464 e. The van der Waals surface area contributed by atoms with Gasteiger partial charge < -0.3 is 4.74 Å². The quantitative estimate of drug-likeness (QED) is 0.597. The molecule has 0 saturated heterocycles. The number of esters is 1. The van der Waals surface area contributed by atoms with E-state index in [1.54, 1.807) is 19.9 Å². The first kappa shape index (κ1) is 17.1. The van der Waals surface area contributed by atoms with Crippen molar-refractivity contribution in [2.24, 2.45) is 5.92 Å². The van der Waals surface area contributed by atoms with Gasteiger partial charge in [-0.25, -0.2) is 4.79 Å². The van der Waals surface area contributed by atoms with Crippen LogP contribution in [0, 0.1) is 12.8 Å². The molecule has 0 aliphatic rings. The van der Waals surface area contributed by atoms with Crippen molar-refractivity contribution in [2.75, 3.05) is 6.61 Å². The lowest BCUT2D eigenvalue weighted by atomic mass is 10.1. The van der Waals surface area contributed by atoms with Crippen LogP contribution in [0.2, 0.25) is 0 Å². The maximum absolute atomic E-state index is 12.3. The van der Waals surface area contributed by atoms with Gasteiger partial charge in [0.05, 0.1) is 12.2 Å². The summed E-state index contributed by atoms with van der Waals surface area (Å²) in [7, 11) is 0. The van der Waals surface area contributed by atoms with Crippen LogP contribution in [0.4, 0.5) is 0 Å². The third-order valence-electron chi connectivity index (χ3n) is 3.37. The van der Waals surface area contributed by atoms with E-state index in [4.69, 9.17) is 4.74 Å². The highest BCUT2D eigenvalue weighted by molar-refractivity contribution is 5.93. The van der Waals surface area contributed by atoms with Crippen molar-refractivity contribution in [3.05, 3.63) is 33.7 Å². The number of ether oxygens (including phenoxy) is 1. The second kappa shape index (κ2) is 7.20. The average molecular weight is 293 g/mol. The van der Waals surface area contributed by atoms with Crippen LogP contribution < -0.4 is 5.56 Å². The van der Waals surface area contributed by atoms with Gasteiger partial charge in [0.25, 0.3) is 5.56 Å². The molecule has 0 bridgehead atoms. The van der Waals surface area contributed by atoms with Gasteiger partial charge in [-0.1, -0.05) is 13.8 Å². The Kier molecular flexibility index (Phi) is 5.88. The number of ketones is 1. The fourth-order valence-electron chi connectivity index (χ4n) is 2.02. The molecular weight excluding hydrogens is 270 g/mol. The fraction of sp³-hybridized carbons (Fsp3) is 0.562. The van der Waals surface area contributed by atoms with Crippen molar-refractivity contribution in [2.45, 2.75) is 47.1 Å². The normalized spacial score (nSPS) is 12.3. The molecule has 1 aromatic heterocycles. The van der Waals surface area contributed by atoms with E-state index in [0.29, 0.717) is 18.2 Å². The number of Topliss-reactive ketones (excluding diaryl/α,β-unsaturated/α-hetero) is 1. The zero-order valence-electron chi connectivity index (χ0n) is 13.3. The standard InChI is InChI=1S/C16H23NO4/c1-10(2)8-9-21-16(20)12(4)17-11(3)6-7-14(13(5)18)15(17)19/h6-7,10,12H,8-9H2,1-5H3. The molecule has 0 fully saturated rings. The number of nitrogens with zero attached hydrogens (tertiary/aromatic N) is 1. The molecule has 1 aromatic rings. The number of carbonyl (C=O) groups is 2. The molecule has 5 heteroatoms. The molecule has 21 heavy (non-hydrogen) atoms. The lowest BCUT2D eigenvalue weighted by Crippen LogP contribution is -2.33. The Labute approximate surface area is 124 Å². The summed E-state index contributed by atoms with van der Waals surface area (Å²) in [5.74, 6) is -0.325. The Morgan fingerprint density at radius 2 is 1.86 bits per heavy atom. The minimum absolute atomic E-state index is 0.0856. The van der Waals surface area contributed by atoms with Gasteiger partial charge in [0, 0.05) is 5.69 Å². The molecule has 0 N–H and O–H groups in total. The molecule has 0 spiro atoms. The molecule has 0 aliphatic carbocycles. The molecule has 5 nitrogen and oxygen atoms in total. The smallest absolute Gasteiger partial charge is 0.328 e. The average Bonchev–Trinajstić information content (AvgIpc) is 2.37. The molecule has 1 heterocycles. The summed E-state index contributed by atoms with van der Waals surface area (Å²) in [6, 6.07) is 2.41. The zero-order chi connectivity index (χ0) is 16.2. The Hall–Kier alpha value is -1.91. The van der Waals surface area contributed by atoms with Crippen LogP contribution in [0.25, 0.3) is 0 Å². The van der Waals surface area contributed by atoms with E-state index in [9.17, 15) is 14.4 Å². The van der Waals surface area contributed by atoms with E-state index in [0.717, 1.165) is 6.42 Å². The van der Waals surface area contributed by atoms with Crippen LogP contribution in [0.15, 0.2) is 16.9 Å². The van der Waals surface area contributed by atoms with Gasteiger partial charge in [-0.15, -0.1) is 0 Å². The summed E-state index contributed by atoms with van der Waals surface area (Å²) in [4.78, 5) is 35.8. The van der Waals surface area contributed by atoms with E-state index < -0.39 is 17.6 Å². The van der Waals surface area contributed by atoms with Gasteiger partial charge in [-0.3, -0.25) is 14.2 Å². The Balaban J connectivity index is 2.99. The number of hydrogen-bond donors (Lipinski definition) is 0. The van der Waals surface area contributed by atoms with E-state index in [1.807, 2.05) is 13.8 Å². The molecule has 1 atom stereocenters. The first-order valence-corrected chi connectivity index (χ1v) is 7.15. The van der Waals surface area contributed by atoms with Gasteiger partial charge in [-0.2, -0.15) is 0 Å². The monoisotopic (exact) mass is 293 g/mol. The van der Waals surface area contributed by atoms with Crippen LogP contribution in [0.3, 0.4) is 0 Å². The van der Waals surface area contributed by atoms with Crippen molar-refractivity contribution < 1.29 is 14.3 Å². The van der Waals surface area contributed by atoms with E-state index in [-0.39, 0.29) is 11.3 Å². The number of hydrogen-bond acceptors (Lipinski definition) is 4. The van der Waals surface area contributed by atoms with Crippen LogP contribution >= 0.6 is 0 Å². The SMILES string of the molecule is CC(=O)c1ccc(C)n(C(C)C(=O)OCCC(C)C)c1=O. The van der Waals surface area contributed by atoms with Crippen molar-refractivity contribution >= 4 is 11.8 Å².